The first-order valence-electron chi connectivity index (χ1n) is 13.8. The fourth-order valence-electron chi connectivity index (χ4n) is 5.27. The number of piperidine rings is 1. The first kappa shape index (κ1) is 32.7. The van der Waals surface area contributed by atoms with Gasteiger partial charge in [-0.15, -0.1) is 5.10 Å². The molecule has 20 heteroatoms. The molecule has 1 aromatic carbocycles. The summed E-state index contributed by atoms with van der Waals surface area (Å²) >= 11 is 6.87. The normalized spacial score (nSPS) is 19.4. The van der Waals surface area contributed by atoms with Crippen LogP contribution in [0.1, 0.15) is 37.4 Å². The second kappa shape index (κ2) is 12.6. The van der Waals surface area contributed by atoms with Crippen molar-refractivity contribution >= 4 is 60.3 Å². The van der Waals surface area contributed by atoms with E-state index in [-0.39, 0.29) is 59.2 Å². The molecule has 0 spiro atoms. The standard InChI is InChI=1S/C26H28ClN10O8P/c1-26(23(38)39,45-46(41,42)43)16-12-36(6-5-17(16)33-25(40)44-2)19-8-13(9-28)7-18(20(19)27)32-24-34-21(31-14-3-4-14)22-30-11-15(10-29)37(22)35-24/h7-8,11,14,16-17H,3-6,12H2,1-2H3,(H,33,40)(H,38,39)(H2,41,42,43)(H2,31,32,34,35)/t16-,17-,26?/m1/s1. The molecule has 1 saturated heterocycles. The number of anilines is 4. The molecule has 2 aromatic heterocycles. The maximum absolute atomic E-state index is 12.4. The van der Waals surface area contributed by atoms with Crippen LogP contribution >= 0.6 is 19.4 Å². The van der Waals surface area contributed by atoms with Crippen molar-refractivity contribution in [3.8, 4) is 12.1 Å². The lowest BCUT2D eigenvalue weighted by molar-refractivity contribution is -0.162. The number of aromatic nitrogens is 4. The number of phosphoric ester groups is 1. The molecule has 5 rings (SSSR count). The van der Waals surface area contributed by atoms with E-state index < -0.39 is 37.4 Å². The van der Waals surface area contributed by atoms with Gasteiger partial charge in [0.05, 0.1) is 41.3 Å². The topological polar surface area (TPSA) is 260 Å². The number of hydrogen-bond donors (Lipinski definition) is 6. The van der Waals surface area contributed by atoms with Gasteiger partial charge in [-0.05, 0) is 38.3 Å². The Morgan fingerprint density at radius 1 is 1.22 bits per heavy atom. The van der Waals surface area contributed by atoms with Crippen molar-refractivity contribution in [2.45, 2.75) is 43.9 Å². The van der Waals surface area contributed by atoms with E-state index in [0.29, 0.717) is 11.5 Å². The number of carboxylic acid groups (broad SMARTS) is 1. The number of alkyl carbamates (subject to hydrolysis) is 1. The number of carboxylic acids is 1. The van der Waals surface area contributed by atoms with E-state index >= 15 is 0 Å². The summed E-state index contributed by atoms with van der Waals surface area (Å²) in [4.78, 5) is 54.1. The van der Waals surface area contributed by atoms with Crippen LogP contribution in [0.25, 0.3) is 5.65 Å². The van der Waals surface area contributed by atoms with Gasteiger partial charge < -0.3 is 40.5 Å². The number of carbonyl (C=O) groups is 2. The Morgan fingerprint density at radius 2 is 1.96 bits per heavy atom. The van der Waals surface area contributed by atoms with E-state index in [0.717, 1.165) is 26.9 Å². The fourth-order valence-corrected chi connectivity index (χ4v) is 6.25. The zero-order chi connectivity index (χ0) is 33.4. The van der Waals surface area contributed by atoms with Crippen LogP contribution in [0.15, 0.2) is 18.3 Å². The Kier molecular flexibility index (Phi) is 8.94. The van der Waals surface area contributed by atoms with Gasteiger partial charge in [0.25, 0.3) is 0 Å². The average Bonchev–Trinajstić information content (AvgIpc) is 3.72. The second-order valence-electron chi connectivity index (χ2n) is 10.9. The molecule has 2 aliphatic rings. The number of methoxy groups -OCH3 is 1. The van der Waals surface area contributed by atoms with Crippen molar-refractivity contribution < 1.29 is 38.3 Å². The van der Waals surface area contributed by atoms with E-state index in [4.69, 9.17) is 16.1 Å². The van der Waals surface area contributed by atoms with Crippen molar-refractivity contribution in [2.75, 3.05) is 35.7 Å². The van der Waals surface area contributed by atoms with Crippen LogP contribution in [0.2, 0.25) is 5.02 Å². The number of nitrogens with one attached hydrogen (secondary N) is 3. The van der Waals surface area contributed by atoms with Crippen molar-refractivity contribution in [3.05, 3.63) is 34.6 Å². The molecule has 1 unspecified atom stereocenters. The van der Waals surface area contributed by atoms with Crippen LogP contribution in [-0.2, 0) is 18.6 Å². The Bertz CT molecular complexity index is 1830. The Hall–Kier alpha value is -4.71. The number of benzene rings is 1. The van der Waals surface area contributed by atoms with E-state index in [1.807, 2.05) is 6.07 Å². The van der Waals surface area contributed by atoms with Crippen molar-refractivity contribution in [1.82, 2.24) is 24.9 Å². The van der Waals surface area contributed by atoms with Crippen LogP contribution in [0.4, 0.5) is 27.9 Å². The van der Waals surface area contributed by atoms with Crippen molar-refractivity contribution in [2.24, 2.45) is 5.92 Å². The molecule has 18 nitrogen and oxygen atoms in total. The first-order valence-corrected chi connectivity index (χ1v) is 15.7. The summed E-state index contributed by atoms with van der Waals surface area (Å²) < 4.78 is 22.7. The molecule has 0 bridgehead atoms. The average molecular weight is 675 g/mol. The van der Waals surface area contributed by atoms with Crippen molar-refractivity contribution in [3.63, 3.8) is 0 Å². The predicted molar refractivity (Wildman–Crippen MR) is 160 cm³/mol. The van der Waals surface area contributed by atoms with Gasteiger partial charge >= 0.3 is 19.9 Å². The van der Waals surface area contributed by atoms with E-state index in [1.54, 1.807) is 4.90 Å². The van der Waals surface area contributed by atoms with Gasteiger partial charge in [0.2, 0.25) is 5.95 Å². The monoisotopic (exact) mass is 674 g/mol. The number of amides is 1. The number of nitriles is 2. The van der Waals surface area contributed by atoms with Crippen LogP contribution in [-0.4, -0.2) is 84.4 Å². The van der Waals surface area contributed by atoms with Gasteiger partial charge in [0, 0.05) is 31.1 Å². The SMILES string of the molecule is COC(=O)N[C@@H]1CCN(c2cc(C#N)cc(Nc3nc(NC4CC4)c4ncc(C#N)n4n3)c2Cl)C[C@H]1C(C)(OP(=O)(O)O)C(=O)O. The largest absolute Gasteiger partial charge is 0.479 e. The Labute approximate surface area is 266 Å². The van der Waals surface area contributed by atoms with Gasteiger partial charge in [0.15, 0.2) is 22.8 Å². The van der Waals surface area contributed by atoms with Crippen LogP contribution in [0, 0.1) is 28.6 Å². The predicted octanol–water partition coefficient (Wildman–Crippen LogP) is 2.34. The molecule has 1 aliphatic carbocycles. The molecule has 1 aliphatic heterocycles. The number of fused-ring (bicyclic) bond motifs is 1. The molecule has 3 heterocycles. The molecule has 3 atom stereocenters. The number of rotatable bonds is 10. The molecule has 1 saturated carbocycles. The van der Waals surface area contributed by atoms with Crippen molar-refractivity contribution in [1.29, 1.82) is 10.5 Å². The molecule has 46 heavy (non-hydrogen) atoms. The number of ether oxygens (including phenoxy) is 1. The van der Waals surface area contributed by atoms with Gasteiger partial charge in [-0.1, -0.05) is 11.6 Å². The summed E-state index contributed by atoms with van der Waals surface area (Å²) in [6, 6.07) is 6.24. The molecule has 242 valence electrons. The minimum absolute atomic E-state index is 0.0282. The van der Waals surface area contributed by atoms with Gasteiger partial charge in [-0.25, -0.2) is 19.1 Å². The summed E-state index contributed by atoms with van der Waals surface area (Å²) in [6.07, 6.45) is 2.45. The third-order valence-corrected chi connectivity index (χ3v) is 8.72. The third-order valence-electron chi connectivity index (χ3n) is 7.71. The molecular weight excluding hydrogens is 647 g/mol. The fraction of sp³-hybridized carbons (Fsp3) is 0.423. The van der Waals surface area contributed by atoms with Crippen LogP contribution in [0.5, 0.6) is 0 Å². The number of aliphatic carboxylic acids is 1. The highest BCUT2D eigenvalue weighted by Gasteiger charge is 2.53. The lowest BCUT2D eigenvalue weighted by Gasteiger charge is -2.45. The number of hydrogen-bond acceptors (Lipinski definition) is 13. The highest BCUT2D eigenvalue weighted by Crippen LogP contribution is 2.47. The molecule has 2 fully saturated rings. The van der Waals surface area contributed by atoms with Gasteiger partial charge in [-0.3, -0.25) is 4.52 Å². The number of carbonyl (C=O) groups excluding carboxylic acids is 1. The number of halogens is 1. The zero-order valence-electron chi connectivity index (χ0n) is 24.3. The summed E-state index contributed by atoms with van der Waals surface area (Å²) in [5.41, 5.74) is -1.36. The summed E-state index contributed by atoms with van der Waals surface area (Å²) in [5.74, 6) is -2.52. The smallest absolute Gasteiger partial charge is 0.470 e. The molecule has 6 N–H and O–H groups in total. The minimum Gasteiger partial charge on any atom is -0.479 e. The van der Waals surface area contributed by atoms with Gasteiger partial charge in [0.1, 0.15) is 6.07 Å². The van der Waals surface area contributed by atoms with E-state index in [2.05, 4.69) is 41.8 Å². The second-order valence-corrected chi connectivity index (χ2v) is 12.4. The van der Waals surface area contributed by atoms with Crippen LogP contribution in [0.3, 0.4) is 0 Å². The lowest BCUT2D eigenvalue weighted by Crippen LogP contribution is -2.61. The number of nitrogens with zero attached hydrogens (tertiary/aromatic N) is 7. The van der Waals surface area contributed by atoms with E-state index in [1.165, 1.54) is 22.8 Å². The molecular formula is C26H28ClN10O8P. The number of imidazole rings is 1. The highest BCUT2D eigenvalue weighted by molar-refractivity contribution is 7.46. The third kappa shape index (κ3) is 6.76. The Morgan fingerprint density at radius 3 is 2.57 bits per heavy atom. The molecule has 0 radical (unpaired) electrons. The highest BCUT2D eigenvalue weighted by atomic mass is 35.5. The molecule has 1 amide bonds. The summed E-state index contributed by atoms with van der Waals surface area (Å²) in [6.45, 7) is 0.939. The number of phosphoric acid groups is 1. The maximum atomic E-state index is 12.4. The summed E-state index contributed by atoms with van der Waals surface area (Å²) in [7, 11) is -4.22. The zero-order valence-corrected chi connectivity index (χ0v) is 26.0. The lowest BCUT2D eigenvalue weighted by atomic mass is 9.79. The van der Waals surface area contributed by atoms with Gasteiger partial charge in [-0.2, -0.15) is 20.0 Å². The quantitative estimate of drug-likeness (QED) is 0.169. The van der Waals surface area contributed by atoms with E-state index in [9.17, 15) is 39.6 Å². The maximum Gasteiger partial charge on any atom is 0.470 e. The minimum atomic E-state index is -5.33. The van der Waals surface area contributed by atoms with Crippen LogP contribution < -0.4 is 20.9 Å². The molecule has 3 aromatic rings. The Balaban J connectivity index is 1.53. The first-order chi connectivity index (χ1) is 21.8. The summed E-state index contributed by atoms with van der Waals surface area (Å²) in [5, 5.41) is 42.7.